The molecule has 2 heterocycles. The maximum Gasteiger partial charge on any atom is 0.240 e. The van der Waals surface area contributed by atoms with Crippen molar-refractivity contribution in [3.8, 4) is 11.6 Å². The van der Waals surface area contributed by atoms with Crippen LogP contribution in [0.3, 0.4) is 0 Å². The summed E-state index contributed by atoms with van der Waals surface area (Å²) in [7, 11) is 0. The van der Waals surface area contributed by atoms with Crippen molar-refractivity contribution < 1.29 is 4.52 Å². The Balaban J connectivity index is 1.75. The Kier molecular flexibility index (Phi) is 3.48. The predicted molar refractivity (Wildman–Crippen MR) is 73.8 cm³/mol. The maximum absolute atomic E-state index is 6.40. The van der Waals surface area contributed by atoms with Gasteiger partial charge in [-0.25, -0.2) is 9.97 Å². The van der Waals surface area contributed by atoms with E-state index in [0.29, 0.717) is 24.0 Å². The summed E-state index contributed by atoms with van der Waals surface area (Å²) in [5.41, 5.74) is 7.20. The Labute approximate surface area is 117 Å². The van der Waals surface area contributed by atoms with Crippen LogP contribution in [0.4, 0.5) is 0 Å². The highest BCUT2D eigenvalue weighted by molar-refractivity contribution is 5.40. The molecule has 0 unspecified atom stereocenters. The van der Waals surface area contributed by atoms with Gasteiger partial charge in [-0.3, -0.25) is 0 Å². The van der Waals surface area contributed by atoms with Crippen LogP contribution in [0.15, 0.2) is 16.9 Å². The zero-order chi connectivity index (χ0) is 14.0. The third kappa shape index (κ3) is 2.85. The predicted octanol–water partition coefficient (Wildman–Crippen LogP) is 2.04. The van der Waals surface area contributed by atoms with Crippen molar-refractivity contribution in [1.82, 2.24) is 20.1 Å². The third-order valence-electron chi connectivity index (χ3n) is 3.80. The van der Waals surface area contributed by atoms with Gasteiger partial charge in [0.25, 0.3) is 0 Å². The van der Waals surface area contributed by atoms with E-state index in [9.17, 15) is 0 Å². The molecular formula is C14H19N5O. The highest BCUT2D eigenvalue weighted by atomic mass is 16.5. The van der Waals surface area contributed by atoms with Crippen LogP contribution < -0.4 is 5.73 Å². The summed E-state index contributed by atoms with van der Waals surface area (Å²) in [6, 6.07) is 0. The highest BCUT2D eigenvalue weighted by Crippen LogP contribution is 2.28. The molecule has 0 bridgehead atoms. The van der Waals surface area contributed by atoms with E-state index in [4.69, 9.17) is 10.3 Å². The minimum absolute atomic E-state index is 0.198. The van der Waals surface area contributed by atoms with Gasteiger partial charge in [0.1, 0.15) is 0 Å². The second-order valence-corrected chi connectivity index (χ2v) is 5.70. The molecule has 0 saturated heterocycles. The van der Waals surface area contributed by atoms with Gasteiger partial charge < -0.3 is 10.3 Å². The van der Waals surface area contributed by atoms with Gasteiger partial charge in [0, 0.05) is 24.4 Å². The van der Waals surface area contributed by atoms with Crippen LogP contribution in [0, 0.1) is 6.92 Å². The lowest BCUT2D eigenvalue weighted by Gasteiger charge is -2.31. The van der Waals surface area contributed by atoms with Crippen molar-refractivity contribution in [2.24, 2.45) is 5.73 Å². The molecule has 0 aromatic carbocycles. The standard InChI is InChI=1S/C14H19N5O/c1-10-8-16-12(17-9-10)13-18-11(20-19-13)7-14(15)5-3-2-4-6-14/h8-9H,2-7,15H2,1H3. The number of hydrogen-bond acceptors (Lipinski definition) is 6. The first-order valence-corrected chi connectivity index (χ1v) is 7.05. The van der Waals surface area contributed by atoms with E-state index in [0.717, 1.165) is 18.4 Å². The van der Waals surface area contributed by atoms with Gasteiger partial charge in [-0.1, -0.05) is 24.4 Å². The summed E-state index contributed by atoms with van der Waals surface area (Å²) in [6.07, 6.45) is 9.78. The monoisotopic (exact) mass is 273 g/mol. The Morgan fingerprint density at radius 3 is 2.55 bits per heavy atom. The van der Waals surface area contributed by atoms with Crippen LogP contribution in [0.2, 0.25) is 0 Å². The number of aromatic nitrogens is 4. The molecule has 1 saturated carbocycles. The van der Waals surface area contributed by atoms with Crippen LogP contribution in [-0.2, 0) is 6.42 Å². The molecular weight excluding hydrogens is 254 g/mol. The molecule has 6 heteroatoms. The molecule has 20 heavy (non-hydrogen) atoms. The van der Waals surface area contributed by atoms with Gasteiger partial charge in [0.15, 0.2) is 0 Å². The molecule has 0 spiro atoms. The molecule has 2 aromatic rings. The summed E-state index contributed by atoms with van der Waals surface area (Å²) in [5.74, 6) is 1.49. The summed E-state index contributed by atoms with van der Waals surface area (Å²) in [6.45, 7) is 1.94. The quantitative estimate of drug-likeness (QED) is 0.920. The molecule has 0 radical (unpaired) electrons. The molecule has 2 aromatic heterocycles. The molecule has 2 N–H and O–H groups in total. The van der Waals surface area contributed by atoms with E-state index in [1.807, 2.05) is 6.92 Å². The summed E-state index contributed by atoms with van der Waals surface area (Å²) in [5, 5.41) is 3.95. The normalized spacial score (nSPS) is 18.1. The average molecular weight is 273 g/mol. The van der Waals surface area contributed by atoms with Gasteiger partial charge >= 0.3 is 0 Å². The Hall–Kier alpha value is -1.82. The van der Waals surface area contributed by atoms with Crippen molar-refractivity contribution >= 4 is 0 Å². The first-order chi connectivity index (χ1) is 9.65. The van der Waals surface area contributed by atoms with Crippen LogP contribution in [0.5, 0.6) is 0 Å². The second kappa shape index (κ2) is 5.28. The first-order valence-electron chi connectivity index (χ1n) is 7.05. The van der Waals surface area contributed by atoms with Crippen molar-refractivity contribution in [3.63, 3.8) is 0 Å². The highest BCUT2D eigenvalue weighted by Gasteiger charge is 2.30. The molecule has 0 atom stereocenters. The fraction of sp³-hybridized carbons (Fsp3) is 0.571. The summed E-state index contributed by atoms with van der Waals surface area (Å²) in [4.78, 5) is 12.8. The van der Waals surface area contributed by atoms with E-state index in [1.54, 1.807) is 12.4 Å². The van der Waals surface area contributed by atoms with Crippen molar-refractivity contribution in [2.75, 3.05) is 0 Å². The van der Waals surface area contributed by atoms with Gasteiger partial charge in [0.2, 0.25) is 17.5 Å². The van der Waals surface area contributed by atoms with Crippen LogP contribution in [-0.4, -0.2) is 25.6 Å². The SMILES string of the molecule is Cc1cnc(-c2noc(CC3(N)CCCCC3)n2)nc1. The molecule has 3 rings (SSSR count). The van der Waals surface area contributed by atoms with E-state index in [-0.39, 0.29) is 5.54 Å². The van der Waals surface area contributed by atoms with Crippen LogP contribution >= 0.6 is 0 Å². The fourth-order valence-corrected chi connectivity index (χ4v) is 2.66. The van der Waals surface area contributed by atoms with Crippen molar-refractivity contribution in [1.29, 1.82) is 0 Å². The Morgan fingerprint density at radius 1 is 1.15 bits per heavy atom. The lowest BCUT2D eigenvalue weighted by molar-refractivity contribution is 0.261. The summed E-state index contributed by atoms with van der Waals surface area (Å²) < 4.78 is 5.30. The number of hydrogen-bond donors (Lipinski definition) is 1. The lowest BCUT2D eigenvalue weighted by atomic mass is 9.80. The first kappa shape index (κ1) is 13.2. The van der Waals surface area contributed by atoms with E-state index in [2.05, 4.69) is 20.1 Å². The molecule has 0 aliphatic heterocycles. The van der Waals surface area contributed by atoms with Crippen molar-refractivity contribution in [2.45, 2.75) is 51.0 Å². The number of rotatable bonds is 3. The van der Waals surface area contributed by atoms with E-state index in [1.165, 1.54) is 19.3 Å². The second-order valence-electron chi connectivity index (χ2n) is 5.70. The van der Waals surface area contributed by atoms with Gasteiger partial charge in [-0.05, 0) is 25.3 Å². The average Bonchev–Trinajstić information content (AvgIpc) is 2.88. The minimum Gasteiger partial charge on any atom is -0.339 e. The molecule has 1 fully saturated rings. The van der Waals surface area contributed by atoms with Crippen LogP contribution in [0.25, 0.3) is 11.6 Å². The van der Waals surface area contributed by atoms with Gasteiger partial charge in [-0.2, -0.15) is 4.98 Å². The largest absolute Gasteiger partial charge is 0.339 e. The Bertz CT molecular complexity index is 572. The molecule has 1 aliphatic carbocycles. The minimum atomic E-state index is -0.198. The van der Waals surface area contributed by atoms with Crippen molar-refractivity contribution in [3.05, 3.63) is 23.8 Å². The van der Waals surface area contributed by atoms with E-state index < -0.39 is 0 Å². The molecule has 1 aliphatic rings. The lowest BCUT2D eigenvalue weighted by Crippen LogP contribution is -2.43. The Morgan fingerprint density at radius 2 is 1.85 bits per heavy atom. The smallest absolute Gasteiger partial charge is 0.240 e. The number of nitrogens with two attached hydrogens (primary N) is 1. The fourth-order valence-electron chi connectivity index (χ4n) is 2.66. The topological polar surface area (TPSA) is 90.7 Å². The molecule has 0 amide bonds. The molecule has 106 valence electrons. The number of aryl methyl sites for hydroxylation is 1. The third-order valence-corrected chi connectivity index (χ3v) is 3.80. The van der Waals surface area contributed by atoms with Crippen LogP contribution in [0.1, 0.15) is 43.6 Å². The van der Waals surface area contributed by atoms with E-state index >= 15 is 0 Å². The zero-order valence-electron chi connectivity index (χ0n) is 11.7. The maximum atomic E-state index is 6.40. The van der Waals surface area contributed by atoms with Gasteiger partial charge in [0.05, 0.1) is 0 Å². The summed E-state index contributed by atoms with van der Waals surface area (Å²) >= 11 is 0. The van der Waals surface area contributed by atoms with Gasteiger partial charge in [-0.15, -0.1) is 0 Å². The molecule has 6 nitrogen and oxygen atoms in total. The number of nitrogens with zero attached hydrogens (tertiary/aromatic N) is 4. The zero-order valence-corrected chi connectivity index (χ0v) is 11.7.